The van der Waals surface area contributed by atoms with Gasteiger partial charge in [-0.25, -0.2) is 5.43 Å². The van der Waals surface area contributed by atoms with Crippen LogP contribution in [-0.2, 0) is 10.2 Å². The van der Waals surface area contributed by atoms with Gasteiger partial charge in [-0.3, -0.25) is 4.79 Å². The van der Waals surface area contributed by atoms with Crippen LogP contribution in [0.1, 0.15) is 51.3 Å². The molecule has 0 bridgehead atoms. The number of ether oxygens (including phenoxy) is 2. The largest absolute Gasteiger partial charge is 0.490 e. The zero-order valence-corrected chi connectivity index (χ0v) is 17.9. The molecule has 0 aliphatic heterocycles. The van der Waals surface area contributed by atoms with Gasteiger partial charge in [0, 0.05) is 6.08 Å². The van der Waals surface area contributed by atoms with Crippen molar-refractivity contribution >= 4 is 18.2 Å². The highest BCUT2D eigenvalue weighted by Crippen LogP contribution is 2.28. The molecule has 0 saturated heterocycles. The minimum Gasteiger partial charge on any atom is -0.490 e. The Balaban J connectivity index is 1.95. The fourth-order valence-electron chi connectivity index (χ4n) is 2.62. The predicted molar refractivity (Wildman–Crippen MR) is 119 cm³/mol. The smallest absolute Gasteiger partial charge is 0.264 e. The topological polar surface area (TPSA) is 59.9 Å². The van der Waals surface area contributed by atoms with Crippen molar-refractivity contribution in [3.63, 3.8) is 0 Å². The van der Waals surface area contributed by atoms with Crippen LogP contribution in [0.15, 0.2) is 53.6 Å². The molecule has 0 fully saturated rings. The molecule has 154 valence electrons. The van der Waals surface area contributed by atoms with Gasteiger partial charge in [-0.2, -0.15) is 5.10 Å². The van der Waals surface area contributed by atoms with Crippen molar-refractivity contribution in [3.05, 3.63) is 65.2 Å². The highest BCUT2D eigenvalue weighted by atomic mass is 16.5. The summed E-state index contributed by atoms with van der Waals surface area (Å²) in [6, 6.07) is 13.7. The monoisotopic (exact) mass is 394 g/mol. The van der Waals surface area contributed by atoms with Crippen molar-refractivity contribution in [3.8, 4) is 11.5 Å². The molecule has 0 radical (unpaired) electrons. The molecule has 0 aliphatic carbocycles. The molecule has 2 aromatic rings. The Morgan fingerprint density at radius 1 is 0.966 bits per heavy atom. The first-order valence-electron chi connectivity index (χ1n) is 9.84. The van der Waals surface area contributed by atoms with Crippen molar-refractivity contribution in [1.29, 1.82) is 0 Å². The van der Waals surface area contributed by atoms with Gasteiger partial charge in [-0.1, -0.05) is 45.0 Å². The Labute approximate surface area is 173 Å². The molecular weight excluding hydrogens is 364 g/mol. The number of benzene rings is 2. The lowest BCUT2D eigenvalue weighted by atomic mass is 9.87. The Morgan fingerprint density at radius 2 is 1.59 bits per heavy atom. The SMILES string of the molecule is CCOc1ccc(/C=N/NC(=O)/C=C/c2ccc(C(C)(C)C)cc2)cc1OCC. The number of hydrogen-bond donors (Lipinski definition) is 1. The molecule has 0 atom stereocenters. The highest BCUT2D eigenvalue weighted by molar-refractivity contribution is 5.92. The van der Waals surface area contributed by atoms with Gasteiger partial charge >= 0.3 is 0 Å². The summed E-state index contributed by atoms with van der Waals surface area (Å²) in [4.78, 5) is 12.0. The first-order chi connectivity index (χ1) is 13.8. The summed E-state index contributed by atoms with van der Waals surface area (Å²) in [6.45, 7) is 11.5. The quantitative estimate of drug-likeness (QED) is 0.392. The second-order valence-corrected chi connectivity index (χ2v) is 7.51. The predicted octanol–water partition coefficient (Wildman–Crippen LogP) is 4.95. The Morgan fingerprint density at radius 3 is 2.21 bits per heavy atom. The fourth-order valence-corrected chi connectivity index (χ4v) is 2.62. The minimum absolute atomic E-state index is 0.108. The van der Waals surface area contributed by atoms with Gasteiger partial charge in [-0.05, 0) is 60.2 Å². The average molecular weight is 395 g/mol. The number of nitrogens with zero attached hydrogens (tertiary/aromatic N) is 1. The first kappa shape index (κ1) is 22.2. The fraction of sp³-hybridized carbons (Fsp3) is 0.333. The van der Waals surface area contributed by atoms with Gasteiger partial charge < -0.3 is 9.47 Å². The Kier molecular flexibility index (Phi) is 8.01. The number of nitrogens with one attached hydrogen (secondary N) is 1. The van der Waals surface area contributed by atoms with Crippen molar-refractivity contribution in [2.24, 2.45) is 5.10 Å². The lowest BCUT2D eigenvalue weighted by Gasteiger charge is -2.18. The third kappa shape index (κ3) is 7.11. The number of carbonyl (C=O) groups excluding carboxylic acids is 1. The molecule has 5 nitrogen and oxygen atoms in total. The summed E-state index contributed by atoms with van der Waals surface area (Å²) in [5.74, 6) is 1.05. The van der Waals surface area contributed by atoms with Gasteiger partial charge in [0.2, 0.25) is 0 Å². The van der Waals surface area contributed by atoms with E-state index in [4.69, 9.17) is 9.47 Å². The average Bonchev–Trinajstić information content (AvgIpc) is 2.68. The van der Waals surface area contributed by atoms with E-state index in [1.165, 1.54) is 11.6 Å². The van der Waals surface area contributed by atoms with E-state index in [0.717, 1.165) is 11.1 Å². The molecule has 0 heterocycles. The summed E-state index contributed by atoms with van der Waals surface area (Å²) in [7, 11) is 0. The second-order valence-electron chi connectivity index (χ2n) is 7.51. The lowest BCUT2D eigenvalue weighted by Crippen LogP contribution is -2.14. The number of hydrogen-bond acceptors (Lipinski definition) is 4. The number of rotatable bonds is 8. The van der Waals surface area contributed by atoms with Crippen molar-refractivity contribution in [1.82, 2.24) is 5.43 Å². The van der Waals surface area contributed by atoms with Crippen LogP contribution >= 0.6 is 0 Å². The first-order valence-corrected chi connectivity index (χ1v) is 9.84. The van der Waals surface area contributed by atoms with E-state index in [1.807, 2.05) is 44.2 Å². The summed E-state index contributed by atoms with van der Waals surface area (Å²) >= 11 is 0. The van der Waals surface area contributed by atoms with Crippen molar-refractivity contribution < 1.29 is 14.3 Å². The maximum atomic E-state index is 12.0. The number of carbonyl (C=O) groups is 1. The molecule has 0 spiro atoms. The van der Waals surface area contributed by atoms with Crippen LogP contribution in [0, 0.1) is 0 Å². The van der Waals surface area contributed by atoms with E-state index in [9.17, 15) is 4.79 Å². The lowest BCUT2D eigenvalue weighted by molar-refractivity contribution is -0.116. The molecule has 0 aromatic heterocycles. The van der Waals surface area contributed by atoms with E-state index in [-0.39, 0.29) is 11.3 Å². The van der Waals surface area contributed by atoms with Crippen LogP contribution in [0.2, 0.25) is 0 Å². The molecule has 29 heavy (non-hydrogen) atoms. The third-order valence-corrected chi connectivity index (χ3v) is 4.16. The molecule has 0 saturated carbocycles. The van der Waals surface area contributed by atoms with Gasteiger partial charge in [-0.15, -0.1) is 0 Å². The van der Waals surface area contributed by atoms with E-state index >= 15 is 0 Å². The van der Waals surface area contributed by atoms with E-state index in [2.05, 4.69) is 43.4 Å². The molecule has 0 unspecified atom stereocenters. The van der Waals surface area contributed by atoms with Gasteiger partial charge in [0.25, 0.3) is 5.91 Å². The summed E-state index contributed by atoms with van der Waals surface area (Å²) in [5, 5.41) is 4.00. The standard InChI is InChI=1S/C24H30N2O3/c1-6-28-21-14-10-19(16-22(21)29-7-2)17-25-26-23(27)15-11-18-8-12-20(13-9-18)24(3,4)5/h8-17H,6-7H2,1-5H3,(H,26,27)/b15-11+,25-17+. The molecule has 2 rings (SSSR count). The summed E-state index contributed by atoms with van der Waals surface area (Å²) < 4.78 is 11.1. The molecule has 5 heteroatoms. The van der Waals surface area contributed by atoms with Gasteiger partial charge in [0.15, 0.2) is 11.5 Å². The molecule has 0 aliphatic rings. The zero-order chi connectivity index (χ0) is 21.3. The molecular formula is C24H30N2O3. The number of hydrazone groups is 1. The van der Waals surface area contributed by atoms with Crippen LogP contribution in [-0.4, -0.2) is 25.3 Å². The summed E-state index contributed by atoms with van der Waals surface area (Å²) in [6.07, 6.45) is 4.80. The Bertz CT molecular complexity index is 863. The zero-order valence-electron chi connectivity index (χ0n) is 17.9. The second kappa shape index (κ2) is 10.5. The van der Waals surface area contributed by atoms with Crippen LogP contribution in [0.5, 0.6) is 11.5 Å². The molecule has 1 N–H and O–H groups in total. The van der Waals surface area contributed by atoms with Crippen LogP contribution in [0.4, 0.5) is 0 Å². The van der Waals surface area contributed by atoms with Gasteiger partial charge in [0.05, 0.1) is 19.4 Å². The minimum atomic E-state index is -0.294. The van der Waals surface area contributed by atoms with Crippen molar-refractivity contribution in [2.45, 2.75) is 40.0 Å². The van der Waals surface area contributed by atoms with E-state index in [1.54, 1.807) is 12.3 Å². The van der Waals surface area contributed by atoms with Crippen LogP contribution < -0.4 is 14.9 Å². The normalized spacial score (nSPS) is 11.8. The van der Waals surface area contributed by atoms with Gasteiger partial charge in [0.1, 0.15) is 0 Å². The Hall–Kier alpha value is -3.08. The maximum absolute atomic E-state index is 12.0. The maximum Gasteiger partial charge on any atom is 0.264 e. The highest BCUT2D eigenvalue weighted by Gasteiger charge is 2.12. The summed E-state index contributed by atoms with van der Waals surface area (Å²) in [5.41, 5.74) is 5.63. The van der Waals surface area contributed by atoms with E-state index in [0.29, 0.717) is 24.7 Å². The number of amides is 1. The van der Waals surface area contributed by atoms with E-state index < -0.39 is 0 Å². The van der Waals surface area contributed by atoms with Crippen LogP contribution in [0.25, 0.3) is 6.08 Å². The molecule has 2 aromatic carbocycles. The third-order valence-electron chi connectivity index (χ3n) is 4.16. The van der Waals surface area contributed by atoms with Crippen LogP contribution in [0.3, 0.4) is 0 Å². The van der Waals surface area contributed by atoms with Crippen molar-refractivity contribution in [2.75, 3.05) is 13.2 Å². The molecule has 1 amide bonds.